The predicted molar refractivity (Wildman–Crippen MR) is 70.2 cm³/mol. The fourth-order valence-electron chi connectivity index (χ4n) is 2.44. The van der Waals surface area contributed by atoms with Crippen LogP contribution in [0.2, 0.25) is 0 Å². The van der Waals surface area contributed by atoms with Gasteiger partial charge in [-0.25, -0.2) is 9.78 Å². The number of urea groups is 1. The molecule has 2 fully saturated rings. The Labute approximate surface area is 116 Å². The zero-order valence-corrected chi connectivity index (χ0v) is 10.9. The minimum atomic E-state index is -0.462. The smallest absolute Gasteiger partial charge is 0.315 e. The largest absolute Gasteiger partial charge is 0.472 e. The van der Waals surface area contributed by atoms with Crippen molar-refractivity contribution in [3.8, 4) is 5.88 Å². The molecule has 2 N–H and O–H groups in total. The molecule has 7 nitrogen and oxygen atoms in total. The molecule has 0 aliphatic carbocycles. The summed E-state index contributed by atoms with van der Waals surface area (Å²) in [6, 6.07) is 4.73. The fraction of sp³-hybridized carbons (Fsp3) is 0.462. The van der Waals surface area contributed by atoms with E-state index in [2.05, 4.69) is 15.6 Å². The van der Waals surface area contributed by atoms with Crippen LogP contribution in [0.1, 0.15) is 6.42 Å². The molecule has 2 aliphatic rings. The predicted octanol–water partition coefficient (Wildman–Crippen LogP) is -0.257. The molecular formula is C13H16N4O3. The summed E-state index contributed by atoms with van der Waals surface area (Å²) >= 11 is 0. The van der Waals surface area contributed by atoms with E-state index in [9.17, 15) is 9.59 Å². The Bertz CT molecular complexity index is 508. The van der Waals surface area contributed by atoms with Gasteiger partial charge >= 0.3 is 6.03 Å². The summed E-state index contributed by atoms with van der Waals surface area (Å²) in [5, 5.41) is 5.19. The van der Waals surface area contributed by atoms with Gasteiger partial charge in [0.25, 0.3) is 0 Å². The summed E-state index contributed by atoms with van der Waals surface area (Å²) in [4.78, 5) is 29.1. The number of pyridine rings is 1. The van der Waals surface area contributed by atoms with Crippen molar-refractivity contribution in [2.24, 2.45) is 0 Å². The lowest BCUT2D eigenvalue weighted by molar-refractivity contribution is -0.131. The first-order valence-corrected chi connectivity index (χ1v) is 6.63. The number of aromatic nitrogens is 1. The topological polar surface area (TPSA) is 83.6 Å². The zero-order chi connectivity index (χ0) is 13.9. The molecule has 106 valence electrons. The highest BCUT2D eigenvalue weighted by atomic mass is 16.5. The van der Waals surface area contributed by atoms with Crippen molar-refractivity contribution in [1.82, 2.24) is 20.5 Å². The number of amides is 3. The molecule has 0 aromatic carbocycles. The Hall–Kier alpha value is -2.31. The van der Waals surface area contributed by atoms with E-state index in [1.165, 1.54) is 0 Å². The van der Waals surface area contributed by atoms with Crippen LogP contribution in [0.15, 0.2) is 24.4 Å². The number of nitrogens with zero attached hydrogens (tertiary/aromatic N) is 2. The fourth-order valence-corrected chi connectivity index (χ4v) is 2.44. The van der Waals surface area contributed by atoms with Gasteiger partial charge in [0.15, 0.2) is 0 Å². The number of ether oxygens (including phenoxy) is 1. The minimum absolute atomic E-state index is 0.0427. The van der Waals surface area contributed by atoms with Crippen molar-refractivity contribution in [3.05, 3.63) is 24.4 Å². The van der Waals surface area contributed by atoms with E-state index < -0.39 is 6.04 Å². The summed E-state index contributed by atoms with van der Waals surface area (Å²) in [6.07, 6.45) is 2.41. The molecule has 3 rings (SSSR count). The molecule has 1 aromatic rings. The lowest BCUT2D eigenvalue weighted by Gasteiger charge is -2.19. The maximum absolute atomic E-state index is 12.2. The Morgan fingerprint density at radius 3 is 3.05 bits per heavy atom. The molecule has 0 bridgehead atoms. The molecule has 7 heteroatoms. The van der Waals surface area contributed by atoms with Crippen LogP contribution in [0.5, 0.6) is 5.88 Å². The van der Waals surface area contributed by atoms with Gasteiger partial charge in [0.05, 0.1) is 6.54 Å². The van der Waals surface area contributed by atoms with E-state index in [0.29, 0.717) is 25.5 Å². The summed E-state index contributed by atoms with van der Waals surface area (Å²) in [7, 11) is 0. The third-order valence-electron chi connectivity index (χ3n) is 3.45. The molecule has 2 atom stereocenters. The van der Waals surface area contributed by atoms with Crippen LogP contribution in [-0.4, -0.2) is 53.6 Å². The Morgan fingerprint density at radius 2 is 2.35 bits per heavy atom. The van der Waals surface area contributed by atoms with Crippen LogP contribution in [0, 0.1) is 0 Å². The Morgan fingerprint density at radius 1 is 1.45 bits per heavy atom. The molecule has 2 aliphatic heterocycles. The van der Waals surface area contributed by atoms with Gasteiger partial charge in [-0.1, -0.05) is 6.07 Å². The van der Waals surface area contributed by atoms with Crippen molar-refractivity contribution in [2.75, 3.05) is 19.6 Å². The van der Waals surface area contributed by atoms with Crippen molar-refractivity contribution in [1.29, 1.82) is 0 Å². The third kappa shape index (κ3) is 2.66. The van der Waals surface area contributed by atoms with E-state index in [4.69, 9.17) is 4.74 Å². The average Bonchev–Trinajstić information content (AvgIpc) is 3.08. The standard InChI is InChI=1S/C13H16N4O3/c18-12(10-7-15-13(19)16-10)17-6-4-9(8-17)20-11-3-1-2-5-14-11/h1-3,5,9-10H,4,6-8H2,(H2,15,16,19). The molecule has 1 aromatic heterocycles. The summed E-state index contributed by atoms with van der Waals surface area (Å²) in [5.41, 5.74) is 0. The van der Waals surface area contributed by atoms with Gasteiger partial charge < -0.3 is 20.3 Å². The molecule has 2 saturated heterocycles. The maximum Gasteiger partial charge on any atom is 0.315 e. The molecule has 0 spiro atoms. The second kappa shape index (κ2) is 5.36. The van der Waals surface area contributed by atoms with Crippen LogP contribution < -0.4 is 15.4 Å². The molecule has 3 heterocycles. The number of hydrogen-bond donors (Lipinski definition) is 2. The highest BCUT2D eigenvalue weighted by Gasteiger charge is 2.35. The van der Waals surface area contributed by atoms with Gasteiger partial charge in [0.2, 0.25) is 11.8 Å². The highest BCUT2D eigenvalue weighted by molar-refractivity contribution is 5.90. The number of nitrogens with one attached hydrogen (secondary N) is 2. The maximum atomic E-state index is 12.2. The Kier molecular flexibility index (Phi) is 3.41. The van der Waals surface area contributed by atoms with Crippen molar-refractivity contribution in [3.63, 3.8) is 0 Å². The van der Waals surface area contributed by atoms with Gasteiger partial charge in [-0.3, -0.25) is 4.79 Å². The van der Waals surface area contributed by atoms with E-state index in [0.717, 1.165) is 6.42 Å². The van der Waals surface area contributed by atoms with Crippen LogP contribution >= 0.6 is 0 Å². The zero-order valence-electron chi connectivity index (χ0n) is 10.9. The van der Waals surface area contributed by atoms with Crippen molar-refractivity contribution >= 4 is 11.9 Å². The summed E-state index contributed by atoms with van der Waals surface area (Å²) in [6.45, 7) is 1.52. The van der Waals surface area contributed by atoms with Crippen molar-refractivity contribution in [2.45, 2.75) is 18.6 Å². The summed E-state index contributed by atoms with van der Waals surface area (Å²) < 4.78 is 5.73. The Balaban J connectivity index is 1.54. The number of likely N-dealkylation sites (tertiary alicyclic amines) is 1. The number of carbonyl (C=O) groups excluding carboxylic acids is 2. The quantitative estimate of drug-likeness (QED) is 0.797. The molecule has 0 radical (unpaired) electrons. The number of hydrogen-bond acceptors (Lipinski definition) is 4. The molecule has 3 amide bonds. The van der Waals surface area contributed by atoms with Crippen LogP contribution in [-0.2, 0) is 4.79 Å². The number of rotatable bonds is 3. The SMILES string of the molecule is O=C1NCC(C(=O)N2CCC(Oc3ccccn3)C2)N1. The van der Waals surface area contributed by atoms with Crippen LogP contribution in [0.25, 0.3) is 0 Å². The summed E-state index contributed by atoms with van der Waals surface area (Å²) in [5.74, 6) is 0.512. The lowest BCUT2D eigenvalue weighted by atomic mass is 10.3. The first-order valence-electron chi connectivity index (χ1n) is 6.63. The average molecular weight is 276 g/mol. The first kappa shape index (κ1) is 12.7. The van der Waals surface area contributed by atoms with Gasteiger partial charge in [0, 0.05) is 31.8 Å². The highest BCUT2D eigenvalue weighted by Crippen LogP contribution is 2.17. The van der Waals surface area contributed by atoms with Crippen LogP contribution in [0.4, 0.5) is 4.79 Å². The van der Waals surface area contributed by atoms with Gasteiger partial charge in [-0.15, -0.1) is 0 Å². The van der Waals surface area contributed by atoms with E-state index in [1.807, 2.05) is 12.1 Å². The molecule has 20 heavy (non-hydrogen) atoms. The van der Waals surface area contributed by atoms with Gasteiger partial charge in [-0.2, -0.15) is 0 Å². The lowest BCUT2D eigenvalue weighted by Crippen LogP contribution is -2.45. The van der Waals surface area contributed by atoms with Gasteiger partial charge in [0.1, 0.15) is 12.1 Å². The number of carbonyl (C=O) groups is 2. The second-order valence-corrected chi connectivity index (χ2v) is 4.89. The molecular weight excluding hydrogens is 260 g/mol. The van der Waals surface area contributed by atoms with E-state index in [-0.39, 0.29) is 18.0 Å². The first-order chi connectivity index (χ1) is 9.72. The normalized spacial score (nSPS) is 25.2. The van der Waals surface area contributed by atoms with Crippen LogP contribution in [0.3, 0.4) is 0 Å². The third-order valence-corrected chi connectivity index (χ3v) is 3.45. The molecule has 0 saturated carbocycles. The molecule has 2 unspecified atom stereocenters. The van der Waals surface area contributed by atoms with Gasteiger partial charge in [-0.05, 0) is 6.07 Å². The van der Waals surface area contributed by atoms with Crippen molar-refractivity contribution < 1.29 is 14.3 Å². The second-order valence-electron chi connectivity index (χ2n) is 4.89. The van der Waals surface area contributed by atoms with E-state index >= 15 is 0 Å². The minimum Gasteiger partial charge on any atom is -0.472 e. The van der Waals surface area contributed by atoms with E-state index in [1.54, 1.807) is 17.2 Å². The monoisotopic (exact) mass is 276 g/mol.